The number of hydrogen-bond acceptors (Lipinski definition) is 4. The minimum Gasteiger partial charge on any atom is -0.399 e. The number of aromatic amines is 1. The molecule has 4 N–H and O–H groups in total. The van der Waals surface area contributed by atoms with Crippen LogP contribution in [0.1, 0.15) is 0 Å². The van der Waals surface area contributed by atoms with Crippen LogP contribution >= 0.6 is 11.6 Å². The van der Waals surface area contributed by atoms with E-state index in [1.165, 1.54) is 18.5 Å². The third-order valence-corrected chi connectivity index (χ3v) is 4.54. The van der Waals surface area contributed by atoms with Crippen molar-refractivity contribution >= 4 is 44.0 Å². The van der Waals surface area contributed by atoms with Gasteiger partial charge in [0.15, 0.2) is 0 Å². The van der Waals surface area contributed by atoms with Crippen molar-refractivity contribution in [2.24, 2.45) is 0 Å². The monoisotopic (exact) mass is 322 g/mol. The number of H-pyrrole nitrogens is 1. The maximum atomic E-state index is 12.4. The van der Waals surface area contributed by atoms with Gasteiger partial charge in [-0.05, 0) is 30.3 Å². The molecule has 21 heavy (non-hydrogen) atoms. The summed E-state index contributed by atoms with van der Waals surface area (Å²) in [6, 6.07) is 8.03. The van der Waals surface area contributed by atoms with E-state index in [4.69, 9.17) is 17.3 Å². The van der Waals surface area contributed by atoms with E-state index in [-0.39, 0.29) is 10.7 Å². The molecule has 3 rings (SSSR count). The fourth-order valence-corrected chi connectivity index (χ4v) is 3.27. The summed E-state index contributed by atoms with van der Waals surface area (Å²) in [6.07, 6.45) is 2.79. The summed E-state index contributed by atoms with van der Waals surface area (Å²) in [5, 5.41) is 0.992. The number of nitrogens with zero attached hydrogens (tertiary/aromatic N) is 1. The third-order valence-electron chi connectivity index (χ3n) is 2.92. The fourth-order valence-electron chi connectivity index (χ4n) is 1.97. The number of hydrogen-bond donors (Lipinski definition) is 3. The average Bonchev–Trinajstić information content (AvgIpc) is 2.85. The van der Waals surface area contributed by atoms with Gasteiger partial charge in [-0.25, -0.2) is 13.4 Å². The maximum absolute atomic E-state index is 12.4. The molecule has 6 nitrogen and oxygen atoms in total. The van der Waals surface area contributed by atoms with E-state index < -0.39 is 10.0 Å². The van der Waals surface area contributed by atoms with Gasteiger partial charge in [0.05, 0.1) is 5.02 Å². The second-order valence-corrected chi connectivity index (χ2v) is 6.51. The van der Waals surface area contributed by atoms with Gasteiger partial charge >= 0.3 is 0 Å². The van der Waals surface area contributed by atoms with Crippen LogP contribution in [0.5, 0.6) is 0 Å². The van der Waals surface area contributed by atoms with E-state index in [9.17, 15) is 8.42 Å². The Balaban J connectivity index is 2.02. The van der Waals surface area contributed by atoms with Crippen LogP contribution < -0.4 is 10.5 Å². The van der Waals surface area contributed by atoms with Gasteiger partial charge in [-0.15, -0.1) is 0 Å². The first-order chi connectivity index (χ1) is 9.95. The number of halogens is 1. The van der Waals surface area contributed by atoms with Crippen LogP contribution in [0.15, 0.2) is 47.6 Å². The molecule has 108 valence electrons. The van der Waals surface area contributed by atoms with Crippen LogP contribution in [0.2, 0.25) is 5.02 Å². The molecule has 1 aromatic carbocycles. The number of nitrogens with two attached hydrogens (primary N) is 1. The van der Waals surface area contributed by atoms with E-state index in [0.29, 0.717) is 21.6 Å². The van der Waals surface area contributed by atoms with E-state index in [2.05, 4.69) is 14.7 Å². The number of anilines is 2. The lowest BCUT2D eigenvalue weighted by molar-refractivity contribution is 0.602. The number of fused-ring (bicyclic) bond motifs is 1. The number of aromatic nitrogens is 2. The summed E-state index contributed by atoms with van der Waals surface area (Å²) in [5.74, 6) is 0.198. The Morgan fingerprint density at radius 2 is 2.05 bits per heavy atom. The van der Waals surface area contributed by atoms with Crippen molar-refractivity contribution in [2.75, 3.05) is 10.5 Å². The lowest BCUT2D eigenvalue weighted by Crippen LogP contribution is -2.13. The molecule has 0 bridgehead atoms. The van der Waals surface area contributed by atoms with E-state index in [1.807, 2.05) is 0 Å². The summed E-state index contributed by atoms with van der Waals surface area (Å²) < 4.78 is 27.2. The molecule has 0 saturated carbocycles. The Kier molecular flexibility index (Phi) is 3.23. The maximum Gasteiger partial charge on any atom is 0.265 e. The Morgan fingerprint density at radius 3 is 2.76 bits per heavy atom. The number of pyridine rings is 1. The van der Waals surface area contributed by atoms with E-state index in [1.54, 1.807) is 24.3 Å². The molecule has 3 aromatic rings. The Hall–Kier alpha value is -2.25. The normalized spacial score (nSPS) is 11.7. The van der Waals surface area contributed by atoms with Crippen molar-refractivity contribution in [3.63, 3.8) is 0 Å². The molecule has 0 atom stereocenters. The Labute approximate surface area is 126 Å². The first kappa shape index (κ1) is 13.7. The van der Waals surface area contributed by atoms with Gasteiger partial charge in [0.2, 0.25) is 0 Å². The van der Waals surface area contributed by atoms with Crippen LogP contribution in [0, 0.1) is 0 Å². The van der Waals surface area contributed by atoms with E-state index >= 15 is 0 Å². The molecule has 0 amide bonds. The van der Waals surface area contributed by atoms with Crippen molar-refractivity contribution in [3.05, 3.63) is 47.7 Å². The van der Waals surface area contributed by atoms with Gasteiger partial charge in [-0.2, -0.15) is 0 Å². The molecule has 8 heteroatoms. The number of nitrogen functional groups attached to an aromatic ring is 1. The molecule has 0 aliphatic carbocycles. The van der Waals surface area contributed by atoms with Crippen molar-refractivity contribution in [1.82, 2.24) is 9.97 Å². The zero-order chi connectivity index (χ0) is 15.0. The highest BCUT2D eigenvalue weighted by atomic mass is 35.5. The Morgan fingerprint density at radius 1 is 1.24 bits per heavy atom. The minimum absolute atomic E-state index is 0.134. The van der Waals surface area contributed by atoms with Gasteiger partial charge in [0, 0.05) is 29.0 Å². The SMILES string of the molecule is Nc1ccc2c(S(=O)(=O)Nc3ccc(Cl)cn3)c[nH]c2c1. The van der Waals surface area contributed by atoms with Crippen molar-refractivity contribution < 1.29 is 8.42 Å². The standard InChI is InChI=1S/C13H11ClN4O2S/c14-8-1-4-13(17-6-8)18-21(19,20)12-7-16-11-5-9(15)2-3-10(11)12/h1-7,16H,15H2,(H,17,18). The molecule has 2 aromatic heterocycles. The second-order valence-electron chi connectivity index (χ2n) is 4.43. The highest BCUT2D eigenvalue weighted by Gasteiger charge is 2.19. The van der Waals surface area contributed by atoms with Crippen LogP contribution in [0.25, 0.3) is 10.9 Å². The lowest BCUT2D eigenvalue weighted by Gasteiger charge is -2.06. The molecule has 0 fully saturated rings. The largest absolute Gasteiger partial charge is 0.399 e. The molecule has 0 radical (unpaired) electrons. The van der Waals surface area contributed by atoms with Crippen molar-refractivity contribution in [2.45, 2.75) is 4.90 Å². The third kappa shape index (κ3) is 2.65. The number of nitrogens with one attached hydrogen (secondary N) is 2. The van der Waals surface area contributed by atoms with Gasteiger partial charge < -0.3 is 10.7 Å². The van der Waals surface area contributed by atoms with Gasteiger partial charge in [0.25, 0.3) is 10.0 Å². The smallest absolute Gasteiger partial charge is 0.265 e. The van der Waals surface area contributed by atoms with Crippen LogP contribution in [0.3, 0.4) is 0 Å². The number of benzene rings is 1. The Bertz CT molecular complexity index is 904. The first-order valence-electron chi connectivity index (χ1n) is 5.97. The van der Waals surface area contributed by atoms with Gasteiger partial charge in [-0.1, -0.05) is 11.6 Å². The predicted octanol–water partition coefficient (Wildman–Crippen LogP) is 2.60. The minimum atomic E-state index is -3.75. The highest BCUT2D eigenvalue weighted by molar-refractivity contribution is 7.93. The topological polar surface area (TPSA) is 101 Å². The van der Waals surface area contributed by atoms with Crippen LogP contribution in [0.4, 0.5) is 11.5 Å². The summed E-state index contributed by atoms with van der Waals surface area (Å²) in [6.45, 7) is 0. The second kappa shape index (κ2) is 4.94. The van der Waals surface area contributed by atoms with Crippen LogP contribution in [-0.2, 0) is 10.0 Å². The molecule has 0 spiro atoms. The van der Waals surface area contributed by atoms with Crippen molar-refractivity contribution in [3.8, 4) is 0 Å². The molecule has 0 saturated heterocycles. The van der Waals surface area contributed by atoms with Crippen molar-refractivity contribution in [1.29, 1.82) is 0 Å². The summed E-state index contributed by atoms with van der Waals surface area (Å²) in [7, 11) is -3.75. The molecular weight excluding hydrogens is 312 g/mol. The quantitative estimate of drug-likeness (QED) is 0.645. The predicted molar refractivity (Wildman–Crippen MR) is 82.8 cm³/mol. The zero-order valence-corrected chi connectivity index (χ0v) is 12.2. The van der Waals surface area contributed by atoms with Crippen LogP contribution in [-0.4, -0.2) is 18.4 Å². The average molecular weight is 323 g/mol. The molecular formula is C13H11ClN4O2S. The summed E-state index contributed by atoms with van der Waals surface area (Å²) in [4.78, 5) is 6.94. The zero-order valence-electron chi connectivity index (χ0n) is 10.7. The number of rotatable bonds is 3. The summed E-state index contributed by atoms with van der Waals surface area (Å²) >= 11 is 5.72. The van der Waals surface area contributed by atoms with Gasteiger partial charge in [-0.3, -0.25) is 4.72 Å². The fraction of sp³-hybridized carbons (Fsp3) is 0. The molecule has 0 aliphatic heterocycles. The summed E-state index contributed by atoms with van der Waals surface area (Å²) in [5.41, 5.74) is 6.88. The molecule has 2 heterocycles. The number of sulfonamides is 1. The molecule has 0 aliphatic rings. The lowest BCUT2D eigenvalue weighted by atomic mass is 10.2. The van der Waals surface area contributed by atoms with Gasteiger partial charge in [0.1, 0.15) is 10.7 Å². The highest BCUT2D eigenvalue weighted by Crippen LogP contribution is 2.26. The molecule has 0 unspecified atom stereocenters. The van der Waals surface area contributed by atoms with E-state index in [0.717, 1.165) is 0 Å². The first-order valence-corrected chi connectivity index (χ1v) is 7.83.